The molecule has 252 valence electrons. The van der Waals surface area contributed by atoms with Gasteiger partial charge in [-0.1, -0.05) is 19.4 Å². The second-order valence-corrected chi connectivity index (χ2v) is 15.1. The summed E-state index contributed by atoms with van der Waals surface area (Å²) in [6, 6.07) is 8.02. The summed E-state index contributed by atoms with van der Waals surface area (Å²) in [7, 11) is 2.05. The Morgan fingerprint density at radius 1 is 1.09 bits per heavy atom. The van der Waals surface area contributed by atoms with Crippen LogP contribution in [0.1, 0.15) is 83.6 Å². The van der Waals surface area contributed by atoms with Crippen LogP contribution in [0.3, 0.4) is 0 Å². The molecule has 1 aromatic rings. The fourth-order valence-electron chi connectivity index (χ4n) is 9.00. The number of aliphatic hydroxyl groups excluding tert-OH is 2. The van der Waals surface area contributed by atoms with Crippen molar-refractivity contribution in [3.63, 3.8) is 0 Å². The molecule has 11 nitrogen and oxygen atoms in total. The van der Waals surface area contributed by atoms with E-state index in [0.717, 1.165) is 31.2 Å². The van der Waals surface area contributed by atoms with Crippen LogP contribution < -0.4 is 26.6 Å². The number of hydrogen-bond acceptors (Lipinski definition) is 11. The first kappa shape index (κ1) is 32.0. The van der Waals surface area contributed by atoms with Gasteiger partial charge in [-0.05, 0) is 95.4 Å². The lowest BCUT2D eigenvalue weighted by Crippen LogP contribution is -2.68. The van der Waals surface area contributed by atoms with Crippen molar-refractivity contribution in [2.45, 2.75) is 139 Å². The van der Waals surface area contributed by atoms with Gasteiger partial charge in [-0.25, -0.2) is 4.90 Å². The minimum Gasteiger partial charge on any atom is -0.387 e. The van der Waals surface area contributed by atoms with Gasteiger partial charge in [-0.15, -0.1) is 0 Å². The molecule has 11 heteroatoms. The average molecular weight is 627 g/mol. The van der Waals surface area contributed by atoms with E-state index in [0.29, 0.717) is 38.1 Å². The Kier molecular flexibility index (Phi) is 9.37. The third-order valence-electron chi connectivity index (χ3n) is 11.9. The summed E-state index contributed by atoms with van der Waals surface area (Å²) in [6.07, 6.45) is 7.28. The van der Waals surface area contributed by atoms with Crippen molar-refractivity contribution < 1.29 is 14.9 Å². The van der Waals surface area contributed by atoms with Crippen LogP contribution in [0.25, 0.3) is 0 Å². The zero-order valence-corrected chi connectivity index (χ0v) is 27.8. The van der Waals surface area contributed by atoms with Crippen LogP contribution >= 0.6 is 0 Å². The normalized spacial score (nSPS) is 38.8. The van der Waals surface area contributed by atoms with Gasteiger partial charge in [0.2, 0.25) is 0 Å². The molecule has 4 heterocycles. The smallest absolute Gasteiger partial charge is 0.142 e. The van der Waals surface area contributed by atoms with E-state index in [1.165, 1.54) is 55.5 Å². The van der Waals surface area contributed by atoms with Gasteiger partial charge in [0, 0.05) is 25.2 Å². The Bertz CT molecular complexity index is 1160. The number of nitrogens with zero attached hydrogens (tertiary/aromatic N) is 4. The van der Waals surface area contributed by atoms with E-state index in [1.54, 1.807) is 0 Å². The van der Waals surface area contributed by atoms with Crippen molar-refractivity contribution in [1.82, 2.24) is 25.3 Å². The first-order valence-electron chi connectivity index (χ1n) is 17.9. The predicted molar refractivity (Wildman–Crippen MR) is 178 cm³/mol. The molecule has 5 fully saturated rings. The van der Waals surface area contributed by atoms with Crippen LogP contribution in [0.5, 0.6) is 0 Å². The number of nitrogens with two attached hydrogens (primary N) is 1. The minimum atomic E-state index is -0.961. The lowest BCUT2D eigenvalue weighted by Gasteiger charge is -2.46. The predicted octanol–water partition coefficient (Wildman–Crippen LogP) is 1.97. The molecule has 0 amide bonds. The Morgan fingerprint density at radius 3 is 2.60 bits per heavy atom. The molecule has 2 aliphatic carbocycles. The summed E-state index contributed by atoms with van der Waals surface area (Å²) in [4.78, 5) is 9.42. The van der Waals surface area contributed by atoms with E-state index < -0.39 is 24.5 Å². The molecule has 8 atom stereocenters. The summed E-state index contributed by atoms with van der Waals surface area (Å²) in [5.41, 5.74) is 10.6. The van der Waals surface area contributed by atoms with Gasteiger partial charge in [0.15, 0.2) is 0 Å². The lowest BCUT2D eigenvalue weighted by molar-refractivity contribution is -0.130. The van der Waals surface area contributed by atoms with Crippen LogP contribution in [0, 0.1) is 5.92 Å². The van der Waals surface area contributed by atoms with E-state index in [1.807, 2.05) is 7.05 Å². The van der Waals surface area contributed by atoms with Gasteiger partial charge in [-0.3, -0.25) is 20.4 Å². The Hall–Kier alpha value is -1.54. The van der Waals surface area contributed by atoms with Crippen molar-refractivity contribution >= 4 is 11.4 Å². The number of nitrogens with one attached hydrogen (secondary N) is 3. The number of likely N-dealkylation sites (N-methyl/N-ethyl adjacent to an activating group) is 1. The van der Waals surface area contributed by atoms with Crippen LogP contribution in [0.4, 0.5) is 11.4 Å². The molecule has 0 spiro atoms. The summed E-state index contributed by atoms with van der Waals surface area (Å²) >= 11 is 0. The van der Waals surface area contributed by atoms with Crippen molar-refractivity contribution in [3.8, 4) is 0 Å². The summed E-state index contributed by atoms with van der Waals surface area (Å²) in [5.74, 6) is 1.48. The maximum atomic E-state index is 11.2. The molecule has 7 N–H and O–H groups in total. The van der Waals surface area contributed by atoms with Gasteiger partial charge in [-0.2, -0.15) is 0 Å². The standard InChI is InChI=1S/C34H58N8O3/c1-5-13-40-26-11-10-23(22-7-6-8-22)16-25(26)38-28(40)12-9-21-14-24(15-21)41(20(2)3)17-27-30(43)31(44)34(45-27)42-19-36-29-32(35)37-18-39(4)33(29)42/h10-11,16,20-22,24,27-34,36-38,43-44H,5-9,12-15,17-19,35H2,1-4H3/t21?,24?,27-,28?,29?,30-,31-,32?,33?,34-/m1/s1. The molecule has 1 aromatic carbocycles. The van der Waals surface area contributed by atoms with E-state index >= 15 is 0 Å². The van der Waals surface area contributed by atoms with E-state index in [-0.39, 0.29) is 18.4 Å². The second-order valence-electron chi connectivity index (χ2n) is 15.1. The van der Waals surface area contributed by atoms with Gasteiger partial charge in [0.1, 0.15) is 24.5 Å². The number of aliphatic hydroxyl groups is 2. The SMILES string of the molecule is CCCN1c2ccc(C3CCC3)cc2NC1CCC1CC(N(C[C@H]2O[C@@H](N3CNC4C(N)NCN(C)C43)[C@H](O)[C@@H]2O)C(C)C)C1. The van der Waals surface area contributed by atoms with E-state index in [2.05, 4.69) is 74.5 Å². The highest BCUT2D eigenvalue weighted by Crippen LogP contribution is 2.44. The molecule has 4 aliphatic heterocycles. The molecule has 3 saturated heterocycles. The monoisotopic (exact) mass is 626 g/mol. The molecule has 0 bridgehead atoms. The molecular weight excluding hydrogens is 568 g/mol. The molecule has 6 aliphatic rings. The van der Waals surface area contributed by atoms with Gasteiger partial charge >= 0.3 is 0 Å². The second kappa shape index (κ2) is 13.2. The highest BCUT2D eigenvalue weighted by atomic mass is 16.6. The highest BCUT2D eigenvalue weighted by molar-refractivity contribution is 5.77. The fraction of sp³-hybridized carbons (Fsp3) is 0.824. The summed E-state index contributed by atoms with van der Waals surface area (Å²) in [6.45, 7) is 9.71. The number of anilines is 2. The Morgan fingerprint density at radius 2 is 1.89 bits per heavy atom. The lowest BCUT2D eigenvalue weighted by atomic mass is 9.76. The third kappa shape index (κ3) is 6.02. The van der Waals surface area contributed by atoms with Crippen molar-refractivity contribution in [1.29, 1.82) is 0 Å². The quantitative estimate of drug-likeness (QED) is 0.216. The average Bonchev–Trinajstić information content (AvgIpc) is 3.63. The number of rotatable bonds is 11. The molecule has 4 unspecified atom stereocenters. The highest BCUT2D eigenvalue weighted by Gasteiger charge is 2.53. The minimum absolute atomic E-state index is 0.000593. The van der Waals surface area contributed by atoms with Gasteiger partial charge < -0.3 is 30.9 Å². The molecule has 0 radical (unpaired) electrons. The van der Waals surface area contributed by atoms with Crippen LogP contribution in [-0.2, 0) is 4.74 Å². The summed E-state index contributed by atoms with van der Waals surface area (Å²) < 4.78 is 6.49. The topological polar surface area (TPSA) is 125 Å². The maximum absolute atomic E-state index is 11.2. The van der Waals surface area contributed by atoms with Crippen molar-refractivity contribution in [2.75, 3.05) is 43.7 Å². The largest absolute Gasteiger partial charge is 0.387 e. The fourth-order valence-corrected chi connectivity index (χ4v) is 9.00. The van der Waals surface area contributed by atoms with Crippen LogP contribution in [0.15, 0.2) is 18.2 Å². The zero-order valence-electron chi connectivity index (χ0n) is 27.8. The van der Waals surface area contributed by atoms with E-state index in [4.69, 9.17) is 10.5 Å². The molecule has 45 heavy (non-hydrogen) atoms. The van der Waals surface area contributed by atoms with Gasteiger partial charge in [0.25, 0.3) is 0 Å². The number of ether oxygens (including phenoxy) is 1. The molecule has 7 rings (SSSR count). The Labute approximate surface area is 269 Å². The van der Waals surface area contributed by atoms with Crippen LogP contribution in [-0.4, -0.2) is 120 Å². The third-order valence-corrected chi connectivity index (χ3v) is 11.9. The zero-order chi connectivity index (χ0) is 31.4. The number of benzene rings is 1. The number of hydrogen-bond donors (Lipinski definition) is 6. The molecular formula is C34H58N8O3. The first-order valence-corrected chi connectivity index (χ1v) is 17.9. The first-order chi connectivity index (χ1) is 21.7. The maximum Gasteiger partial charge on any atom is 0.142 e. The van der Waals surface area contributed by atoms with Crippen molar-refractivity contribution in [2.24, 2.45) is 11.7 Å². The van der Waals surface area contributed by atoms with Crippen LogP contribution in [0.2, 0.25) is 0 Å². The van der Waals surface area contributed by atoms with E-state index in [9.17, 15) is 10.2 Å². The van der Waals surface area contributed by atoms with Gasteiger partial charge in [0.05, 0.1) is 49.3 Å². The van der Waals surface area contributed by atoms with Crippen molar-refractivity contribution in [3.05, 3.63) is 23.8 Å². The number of fused-ring (bicyclic) bond motifs is 2. The Balaban J connectivity index is 0.923. The summed E-state index contributed by atoms with van der Waals surface area (Å²) in [5, 5.41) is 33.0. The molecule has 2 saturated carbocycles. The molecule has 0 aromatic heterocycles.